The van der Waals surface area contributed by atoms with Crippen molar-refractivity contribution in [3.63, 3.8) is 0 Å². The lowest BCUT2D eigenvalue weighted by atomic mass is 10.1. The van der Waals surface area contributed by atoms with Crippen LogP contribution in [0.5, 0.6) is 0 Å². The van der Waals surface area contributed by atoms with Gasteiger partial charge in [0.1, 0.15) is 0 Å². The molecule has 2 heterocycles. The Morgan fingerprint density at radius 1 is 1.31 bits per heavy atom. The van der Waals surface area contributed by atoms with Crippen LogP contribution in [0.15, 0.2) is 40.7 Å². The minimum atomic E-state index is 0. The third-order valence-electron chi connectivity index (χ3n) is 4.33. The number of benzene rings is 1. The lowest BCUT2D eigenvalue weighted by molar-refractivity contribution is -0.130. The van der Waals surface area contributed by atoms with Crippen LogP contribution in [0.25, 0.3) is 0 Å². The van der Waals surface area contributed by atoms with Crippen molar-refractivity contribution in [1.29, 1.82) is 0 Å². The number of hydrogen-bond donors (Lipinski definition) is 2. The monoisotopic (exact) mass is 484 g/mol. The molecule has 5 nitrogen and oxygen atoms in total. The number of fused-ring (bicyclic) bond motifs is 1. The molecule has 0 radical (unpaired) electrons. The minimum absolute atomic E-state index is 0. The molecule has 0 atom stereocenters. The molecule has 3 rings (SSSR count). The van der Waals surface area contributed by atoms with Gasteiger partial charge in [-0.1, -0.05) is 29.8 Å². The van der Waals surface area contributed by atoms with Crippen molar-refractivity contribution in [2.75, 3.05) is 20.1 Å². The summed E-state index contributed by atoms with van der Waals surface area (Å²) in [5, 5.41) is 8.48. The fourth-order valence-electron chi connectivity index (χ4n) is 2.96. The van der Waals surface area contributed by atoms with Gasteiger partial charge in [0.15, 0.2) is 5.96 Å². The van der Waals surface area contributed by atoms with Crippen LogP contribution in [0.1, 0.15) is 21.6 Å². The summed E-state index contributed by atoms with van der Waals surface area (Å²) < 4.78 is 0. The highest BCUT2D eigenvalue weighted by molar-refractivity contribution is 14.0. The number of amides is 1. The fourth-order valence-corrected chi connectivity index (χ4v) is 3.85. The van der Waals surface area contributed by atoms with Crippen molar-refractivity contribution in [3.05, 3.63) is 57.3 Å². The molecule has 0 spiro atoms. The van der Waals surface area contributed by atoms with Crippen LogP contribution in [-0.4, -0.2) is 36.9 Å². The molecule has 1 aromatic heterocycles. The molecule has 2 N–H and O–H groups in total. The standard InChI is InChI=1S/C19H24N4OS.HI/c1-14-4-3-5-15(10-14)11-21-19(20-2)22-12-18(24)23-8-6-17-16(13-23)7-9-25-17;/h3-5,7,9-10H,6,8,11-13H2,1-2H3,(H2,20,21,22);1H. The summed E-state index contributed by atoms with van der Waals surface area (Å²) in [6.45, 7) is 4.52. The van der Waals surface area contributed by atoms with E-state index in [0.717, 1.165) is 13.0 Å². The van der Waals surface area contributed by atoms with Gasteiger partial charge >= 0.3 is 0 Å². The molecule has 0 unspecified atom stereocenters. The second-order valence-electron chi connectivity index (χ2n) is 6.20. The van der Waals surface area contributed by atoms with Gasteiger partial charge in [0, 0.05) is 31.6 Å². The Kier molecular flexibility index (Phi) is 7.89. The Morgan fingerprint density at radius 2 is 2.15 bits per heavy atom. The van der Waals surface area contributed by atoms with Crippen LogP contribution < -0.4 is 10.6 Å². The predicted molar refractivity (Wildman–Crippen MR) is 118 cm³/mol. The summed E-state index contributed by atoms with van der Waals surface area (Å²) in [4.78, 5) is 20.0. The SMILES string of the molecule is CN=C(NCC(=O)N1CCc2sccc2C1)NCc1cccc(C)c1.I. The first kappa shape index (κ1) is 20.7. The van der Waals surface area contributed by atoms with Crippen LogP contribution in [0.4, 0.5) is 0 Å². The number of halogens is 1. The van der Waals surface area contributed by atoms with Crippen molar-refractivity contribution in [3.8, 4) is 0 Å². The van der Waals surface area contributed by atoms with E-state index >= 15 is 0 Å². The van der Waals surface area contributed by atoms with Crippen molar-refractivity contribution >= 4 is 47.2 Å². The largest absolute Gasteiger partial charge is 0.352 e. The lowest BCUT2D eigenvalue weighted by Gasteiger charge is -2.27. The normalized spacial score (nSPS) is 13.6. The molecule has 0 fully saturated rings. The molecule has 26 heavy (non-hydrogen) atoms. The van der Waals surface area contributed by atoms with Gasteiger partial charge < -0.3 is 15.5 Å². The highest BCUT2D eigenvalue weighted by Crippen LogP contribution is 2.23. The zero-order chi connectivity index (χ0) is 17.6. The van der Waals surface area contributed by atoms with Gasteiger partial charge in [0.2, 0.25) is 5.91 Å². The van der Waals surface area contributed by atoms with E-state index in [1.807, 2.05) is 11.0 Å². The van der Waals surface area contributed by atoms with E-state index in [9.17, 15) is 4.79 Å². The molecular formula is C19H25IN4OS. The predicted octanol–water partition coefficient (Wildman–Crippen LogP) is 2.92. The number of carbonyl (C=O) groups excluding carboxylic acids is 1. The van der Waals surface area contributed by atoms with Gasteiger partial charge in [-0.2, -0.15) is 0 Å². The first-order valence-electron chi connectivity index (χ1n) is 8.49. The molecule has 2 aromatic rings. The smallest absolute Gasteiger partial charge is 0.242 e. The van der Waals surface area contributed by atoms with Crippen molar-refractivity contribution in [2.24, 2.45) is 4.99 Å². The van der Waals surface area contributed by atoms with Gasteiger partial charge in [0.25, 0.3) is 0 Å². The molecule has 1 aliphatic heterocycles. The van der Waals surface area contributed by atoms with E-state index in [0.29, 0.717) is 19.0 Å². The minimum Gasteiger partial charge on any atom is -0.352 e. The summed E-state index contributed by atoms with van der Waals surface area (Å²) in [6, 6.07) is 10.4. The van der Waals surface area contributed by atoms with Crippen LogP contribution in [0.2, 0.25) is 0 Å². The molecule has 140 valence electrons. The molecule has 0 saturated heterocycles. The third-order valence-corrected chi connectivity index (χ3v) is 5.36. The maximum atomic E-state index is 12.5. The van der Waals surface area contributed by atoms with Crippen LogP contribution in [-0.2, 0) is 24.3 Å². The highest BCUT2D eigenvalue weighted by Gasteiger charge is 2.21. The summed E-state index contributed by atoms with van der Waals surface area (Å²) >= 11 is 1.78. The molecule has 1 aliphatic rings. The molecule has 1 amide bonds. The topological polar surface area (TPSA) is 56.7 Å². The average Bonchev–Trinajstić information content (AvgIpc) is 3.09. The molecule has 0 aliphatic carbocycles. The zero-order valence-corrected chi connectivity index (χ0v) is 18.3. The van der Waals surface area contributed by atoms with Gasteiger partial charge in [0.05, 0.1) is 6.54 Å². The Morgan fingerprint density at radius 3 is 2.92 bits per heavy atom. The van der Waals surface area contributed by atoms with Gasteiger partial charge in [-0.25, -0.2) is 0 Å². The van der Waals surface area contributed by atoms with Crippen molar-refractivity contribution in [2.45, 2.75) is 26.4 Å². The van der Waals surface area contributed by atoms with E-state index in [4.69, 9.17) is 0 Å². The summed E-state index contributed by atoms with van der Waals surface area (Å²) in [5.41, 5.74) is 3.71. The first-order valence-corrected chi connectivity index (χ1v) is 9.37. The highest BCUT2D eigenvalue weighted by atomic mass is 127. The van der Waals surface area contributed by atoms with E-state index in [1.54, 1.807) is 18.4 Å². The maximum absolute atomic E-state index is 12.5. The van der Waals surface area contributed by atoms with Crippen LogP contribution >= 0.6 is 35.3 Å². The number of aryl methyl sites for hydroxylation is 1. The second kappa shape index (κ2) is 9.91. The molecule has 1 aromatic carbocycles. The lowest BCUT2D eigenvalue weighted by Crippen LogP contribution is -2.45. The first-order chi connectivity index (χ1) is 12.2. The Hall–Kier alpha value is -1.61. The quantitative estimate of drug-likeness (QED) is 0.399. The number of nitrogens with zero attached hydrogens (tertiary/aromatic N) is 2. The van der Waals surface area contributed by atoms with E-state index in [1.165, 1.54) is 21.6 Å². The number of aliphatic imine (C=N–C) groups is 1. The van der Waals surface area contributed by atoms with E-state index in [2.05, 4.69) is 52.2 Å². The molecule has 0 bridgehead atoms. The number of hydrogen-bond acceptors (Lipinski definition) is 3. The number of guanidine groups is 1. The van der Waals surface area contributed by atoms with Crippen LogP contribution in [0, 0.1) is 6.92 Å². The van der Waals surface area contributed by atoms with Crippen molar-refractivity contribution < 1.29 is 4.79 Å². The third kappa shape index (κ3) is 5.44. The number of thiophene rings is 1. The summed E-state index contributed by atoms with van der Waals surface area (Å²) in [5.74, 6) is 0.749. The number of nitrogens with one attached hydrogen (secondary N) is 2. The molecule has 7 heteroatoms. The zero-order valence-electron chi connectivity index (χ0n) is 15.1. The summed E-state index contributed by atoms with van der Waals surface area (Å²) in [6.07, 6.45) is 0.957. The van der Waals surface area contributed by atoms with Crippen LogP contribution in [0.3, 0.4) is 0 Å². The van der Waals surface area contributed by atoms with Gasteiger partial charge in [-0.3, -0.25) is 9.79 Å². The summed E-state index contributed by atoms with van der Waals surface area (Å²) in [7, 11) is 1.72. The Balaban J connectivity index is 0.00000243. The molecular weight excluding hydrogens is 459 g/mol. The van der Waals surface area contributed by atoms with Gasteiger partial charge in [-0.05, 0) is 35.9 Å². The fraction of sp³-hybridized carbons (Fsp3) is 0.368. The average molecular weight is 484 g/mol. The number of rotatable bonds is 4. The second-order valence-corrected chi connectivity index (χ2v) is 7.20. The molecule has 0 saturated carbocycles. The van der Waals surface area contributed by atoms with E-state index < -0.39 is 0 Å². The van der Waals surface area contributed by atoms with Gasteiger partial charge in [-0.15, -0.1) is 35.3 Å². The maximum Gasteiger partial charge on any atom is 0.242 e. The van der Waals surface area contributed by atoms with E-state index in [-0.39, 0.29) is 36.4 Å². The Labute approximate surface area is 175 Å². The van der Waals surface area contributed by atoms with Crippen molar-refractivity contribution in [1.82, 2.24) is 15.5 Å². The Bertz CT molecular complexity index is 774. The number of carbonyl (C=O) groups is 1.